The maximum atomic E-state index is 13.0. The van der Waals surface area contributed by atoms with Crippen LogP contribution in [0.5, 0.6) is 0 Å². The van der Waals surface area contributed by atoms with Crippen LogP contribution in [-0.4, -0.2) is 68.9 Å². The number of hydrogen-bond donors (Lipinski definition) is 1. The maximum absolute atomic E-state index is 13.0. The highest BCUT2D eigenvalue weighted by Crippen LogP contribution is 2.32. The number of alkyl halides is 3. The molecule has 0 aromatic heterocycles. The van der Waals surface area contributed by atoms with Gasteiger partial charge in [-0.15, -0.1) is 12.4 Å². The lowest BCUT2D eigenvalue weighted by molar-refractivity contribution is -0.137. The van der Waals surface area contributed by atoms with E-state index in [4.69, 9.17) is 16.7 Å². The summed E-state index contributed by atoms with van der Waals surface area (Å²) in [6.07, 6.45) is -3.66. The second-order valence-electron chi connectivity index (χ2n) is 8.44. The van der Waals surface area contributed by atoms with Gasteiger partial charge in [0.1, 0.15) is 4.90 Å². The highest BCUT2D eigenvalue weighted by molar-refractivity contribution is 7.89. The van der Waals surface area contributed by atoms with Crippen LogP contribution in [0.4, 0.5) is 18.9 Å². The van der Waals surface area contributed by atoms with Crippen LogP contribution in [0.2, 0.25) is 5.02 Å². The Kier molecular flexibility index (Phi) is 9.65. The number of sulfonamides is 1. The zero-order valence-corrected chi connectivity index (χ0v) is 21.5. The van der Waals surface area contributed by atoms with Gasteiger partial charge in [-0.3, -0.25) is 9.69 Å². The van der Waals surface area contributed by atoms with Crippen LogP contribution < -0.4 is 10.0 Å². The Morgan fingerprint density at radius 2 is 1.69 bits per heavy atom. The van der Waals surface area contributed by atoms with Crippen LogP contribution in [-0.2, 0) is 22.7 Å². The molecule has 0 unspecified atom stereocenters. The first-order valence-electron chi connectivity index (χ1n) is 10.7. The fourth-order valence-corrected chi connectivity index (χ4v) is 5.49. The van der Waals surface area contributed by atoms with Crippen molar-refractivity contribution in [3.05, 3.63) is 58.1 Å². The number of nitrogens with two attached hydrogens (primary N) is 1. The molecule has 36 heavy (non-hydrogen) atoms. The molecule has 14 heteroatoms. The van der Waals surface area contributed by atoms with Gasteiger partial charge in [0.25, 0.3) is 5.91 Å². The molecule has 1 saturated heterocycles. The molecule has 2 aliphatic heterocycles. The van der Waals surface area contributed by atoms with Gasteiger partial charge in [-0.2, -0.15) is 13.2 Å². The number of anilines is 1. The number of carbonyl (C=O) groups is 1. The van der Waals surface area contributed by atoms with E-state index in [1.165, 1.54) is 24.3 Å². The van der Waals surface area contributed by atoms with Gasteiger partial charge >= 0.3 is 6.18 Å². The molecule has 0 spiro atoms. The topological polar surface area (TPSA) is 118 Å². The SMILES string of the molecule is Cl.NS(=O)(=O)c1cc2c(cc1Cl)CN(CCCN1CCN(c3cccc(C(F)(F)F)c3)CC1)C2=O.O. The summed E-state index contributed by atoms with van der Waals surface area (Å²) in [5.74, 6) is -0.258. The highest BCUT2D eigenvalue weighted by Gasteiger charge is 2.32. The van der Waals surface area contributed by atoms with Gasteiger partial charge in [-0.05, 0) is 48.9 Å². The number of amides is 1. The van der Waals surface area contributed by atoms with Gasteiger partial charge in [-0.1, -0.05) is 17.7 Å². The summed E-state index contributed by atoms with van der Waals surface area (Å²) in [6.45, 7) is 4.22. The number of halogens is 5. The predicted molar refractivity (Wildman–Crippen MR) is 133 cm³/mol. The van der Waals surface area contributed by atoms with Gasteiger partial charge in [0.15, 0.2) is 0 Å². The van der Waals surface area contributed by atoms with E-state index in [0.29, 0.717) is 62.5 Å². The molecule has 1 amide bonds. The first-order chi connectivity index (χ1) is 15.9. The van der Waals surface area contributed by atoms with Gasteiger partial charge in [-0.25, -0.2) is 13.6 Å². The zero-order chi connectivity index (χ0) is 24.7. The van der Waals surface area contributed by atoms with Crippen molar-refractivity contribution in [3.8, 4) is 0 Å². The minimum absolute atomic E-state index is 0. The van der Waals surface area contributed by atoms with Gasteiger partial charge in [0.05, 0.1) is 10.6 Å². The van der Waals surface area contributed by atoms with Crippen molar-refractivity contribution in [2.45, 2.75) is 24.0 Å². The summed E-state index contributed by atoms with van der Waals surface area (Å²) < 4.78 is 62.3. The molecular weight excluding hydrogens is 544 g/mol. The van der Waals surface area contributed by atoms with E-state index in [-0.39, 0.29) is 33.7 Å². The first kappa shape index (κ1) is 30.1. The number of piperazine rings is 1. The molecule has 2 aromatic rings. The van der Waals surface area contributed by atoms with Crippen molar-refractivity contribution in [1.82, 2.24) is 9.80 Å². The Morgan fingerprint density at radius 3 is 2.31 bits per heavy atom. The molecule has 200 valence electrons. The molecule has 0 aliphatic carbocycles. The van der Waals surface area contributed by atoms with E-state index in [9.17, 15) is 26.4 Å². The van der Waals surface area contributed by atoms with E-state index in [2.05, 4.69) is 4.90 Å². The van der Waals surface area contributed by atoms with Crippen molar-refractivity contribution < 1.29 is 31.9 Å². The van der Waals surface area contributed by atoms with Gasteiger partial charge < -0.3 is 15.3 Å². The van der Waals surface area contributed by atoms with Crippen LogP contribution in [0.1, 0.15) is 27.9 Å². The molecule has 8 nitrogen and oxygen atoms in total. The van der Waals surface area contributed by atoms with Crippen LogP contribution in [0.15, 0.2) is 41.3 Å². The molecule has 0 atom stereocenters. The lowest BCUT2D eigenvalue weighted by Crippen LogP contribution is -2.47. The molecule has 4 N–H and O–H groups in total. The Hall–Kier alpha value is -2.09. The number of rotatable bonds is 6. The molecule has 2 heterocycles. The fourth-order valence-electron chi connectivity index (χ4n) is 4.36. The zero-order valence-electron chi connectivity index (χ0n) is 19.1. The molecule has 0 saturated carbocycles. The van der Waals surface area contributed by atoms with Crippen molar-refractivity contribution in [2.24, 2.45) is 5.14 Å². The predicted octanol–water partition coefficient (Wildman–Crippen LogP) is 2.77. The van der Waals surface area contributed by atoms with Crippen molar-refractivity contribution >= 4 is 45.6 Å². The second-order valence-corrected chi connectivity index (χ2v) is 10.4. The summed E-state index contributed by atoms with van der Waals surface area (Å²) in [5, 5.41) is 5.17. The van der Waals surface area contributed by atoms with Crippen molar-refractivity contribution in [1.29, 1.82) is 0 Å². The molecule has 2 aromatic carbocycles. The Bertz CT molecular complexity index is 1210. The average molecular weight is 571 g/mol. The minimum Gasteiger partial charge on any atom is -0.412 e. The van der Waals surface area contributed by atoms with E-state index in [0.717, 1.165) is 12.6 Å². The van der Waals surface area contributed by atoms with Gasteiger partial charge in [0, 0.05) is 50.5 Å². The third-order valence-corrected chi connectivity index (χ3v) is 7.53. The lowest BCUT2D eigenvalue weighted by atomic mass is 10.1. The quantitative estimate of drug-likeness (QED) is 0.572. The highest BCUT2D eigenvalue weighted by atomic mass is 35.5. The average Bonchev–Trinajstić information content (AvgIpc) is 3.07. The van der Waals surface area contributed by atoms with Crippen molar-refractivity contribution in [3.63, 3.8) is 0 Å². The number of hydrogen-bond acceptors (Lipinski definition) is 5. The summed E-state index contributed by atoms with van der Waals surface area (Å²) in [7, 11) is -4.03. The van der Waals surface area contributed by atoms with E-state index in [1.807, 2.05) is 4.90 Å². The van der Waals surface area contributed by atoms with Crippen LogP contribution in [0, 0.1) is 0 Å². The van der Waals surface area contributed by atoms with Crippen molar-refractivity contribution in [2.75, 3.05) is 44.2 Å². The molecule has 2 aliphatic rings. The molecular formula is C22H27Cl2F3N4O4S. The number of nitrogens with zero attached hydrogens (tertiary/aromatic N) is 3. The summed E-state index contributed by atoms with van der Waals surface area (Å²) in [4.78, 5) is 18.3. The third-order valence-electron chi connectivity index (χ3n) is 6.16. The third kappa shape index (κ3) is 6.61. The summed E-state index contributed by atoms with van der Waals surface area (Å²) >= 11 is 6.03. The van der Waals surface area contributed by atoms with Crippen LogP contribution >= 0.6 is 24.0 Å². The Balaban J connectivity index is 0.00000228. The standard InChI is InChI=1S/C22H24ClF3N4O3S.ClH.H2O/c23-19-11-15-14-30(21(31)18(15)13-20(19)34(27,32)33)6-2-5-28-7-9-29(10-8-28)17-4-1-3-16(12-17)22(24,25)26;;/h1,3-4,11-13H,2,5-10,14H2,(H2,27,32,33);1H;1H2. The first-order valence-corrected chi connectivity index (χ1v) is 12.6. The Morgan fingerprint density at radius 1 is 1.03 bits per heavy atom. The normalized spacial score (nSPS) is 16.4. The number of fused-ring (bicyclic) bond motifs is 1. The number of primary sulfonamides is 1. The van der Waals surface area contributed by atoms with Crippen LogP contribution in [0.3, 0.4) is 0 Å². The Labute approximate surface area is 218 Å². The van der Waals surface area contributed by atoms with Crippen LogP contribution in [0.25, 0.3) is 0 Å². The molecule has 4 rings (SSSR count). The number of benzene rings is 2. The monoisotopic (exact) mass is 570 g/mol. The second kappa shape index (κ2) is 11.5. The summed E-state index contributed by atoms with van der Waals surface area (Å²) in [6, 6.07) is 8.08. The van der Waals surface area contributed by atoms with E-state index in [1.54, 1.807) is 11.0 Å². The number of carbonyl (C=O) groups excluding carboxylic acids is 1. The molecule has 0 radical (unpaired) electrons. The molecule has 0 bridgehead atoms. The lowest BCUT2D eigenvalue weighted by Gasteiger charge is -2.36. The smallest absolute Gasteiger partial charge is 0.412 e. The summed E-state index contributed by atoms with van der Waals surface area (Å²) in [5.41, 5.74) is 0.869. The minimum atomic E-state index is -4.37. The van der Waals surface area contributed by atoms with E-state index < -0.39 is 21.8 Å². The fraction of sp³-hybridized carbons (Fsp3) is 0.409. The largest absolute Gasteiger partial charge is 0.416 e. The maximum Gasteiger partial charge on any atom is 0.416 e. The molecule has 1 fully saturated rings. The van der Waals surface area contributed by atoms with E-state index >= 15 is 0 Å². The van der Waals surface area contributed by atoms with Gasteiger partial charge in [0.2, 0.25) is 10.0 Å².